The second kappa shape index (κ2) is 11.3. The lowest BCUT2D eigenvalue weighted by atomic mass is 9.88. The molecule has 1 aliphatic heterocycles. The number of nitrogens with zero attached hydrogens (tertiary/aromatic N) is 1. The van der Waals surface area contributed by atoms with Crippen LogP contribution in [0, 0.1) is 11.8 Å². The Kier molecular flexibility index (Phi) is 8.22. The van der Waals surface area contributed by atoms with Crippen molar-refractivity contribution in [2.24, 2.45) is 0 Å². The lowest BCUT2D eigenvalue weighted by Gasteiger charge is -2.24. The zero-order valence-corrected chi connectivity index (χ0v) is 17.7. The van der Waals surface area contributed by atoms with E-state index in [1.54, 1.807) is 25.3 Å². The van der Waals surface area contributed by atoms with Crippen LogP contribution >= 0.6 is 0 Å². The molecule has 0 amide bonds. The van der Waals surface area contributed by atoms with Crippen LogP contribution in [0.2, 0.25) is 0 Å². The molecule has 0 bridgehead atoms. The largest absolute Gasteiger partial charge is 0.449 e. The molecule has 8 heteroatoms. The van der Waals surface area contributed by atoms with Crippen LogP contribution in [0.3, 0.4) is 0 Å². The van der Waals surface area contributed by atoms with Crippen molar-refractivity contribution >= 4 is 23.6 Å². The molecular formula is C24H23NO7. The zero-order valence-electron chi connectivity index (χ0n) is 17.7. The Bertz CT molecular complexity index is 1020. The highest BCUT2D eigenvalue weighted by molar-refractivity contribution is 6.27. The second-order valence-electron chi connectivity index (χ2n) is 7.03. The van der Waals surface area contributed by atoms with E-state index in [0.29, 0.717) is 18.5 Å². The fourth-order valence-corrected chi connectivity index (χ4v) is 3.24. The maximum atomic E-state index is 12.3. The first-order chi connectivity index (χ1) is 15.6. The maximum Gasteiger partial charge on any atom is 0.229 e. The summed E-state index contributed by atoms with van der Waals surface area (Å²) in [6.07, 6.45) is 0.101. The smallest absolute Gasteiger partial charge is 0.229 e. The normalized spacial score (nSPS) is 14.9. The number of hydrogen-bond acceptors (Lipinski definition) is 8. The Hall–Kier alpha value is -3.38. The molecule has 1 aromatic carbocycles. The van der Waals surface area contributed by atoms with Crippen molar-refractivity contribution in [2.75, 3.05) is 46.6 Å². The van der Waals surface area contributed by atoms with E-state index in [0.717, 1.165) is 32.8 Å². The highest BCUT2D eigenvalue weighted by Crippen LogP contribution is 2.29. The van der Waals surface area contributed by atoms with Gasteiger partial charge >= 0.3 is 0 Å². The summed E-state index contributed by atoms with van der Waals surface area (Å²) >= 11 is 0. The summed E-state index contributed by atoms with van der Waals surface area (Å²) in [6.45, 7) is 5.05. The average Bonchev–Trinajstić information content (AvgIpc) is 3.28. The topological polar surface area (TPSA) is 103 Å². The van der Waals surface area contributed by atoms with Gasteiger partial charge in [0.05, 0.1) is 31.7 Å². The van der Waals surface area contributed by atoms with Crippen molar-refractivity contribution in [1.29, 1.82) is 0 Å². The SMILES string of the molecule is COCC#CCN1CCOCC1.O=CCC(=O)c1cc2c(o1)C(=O)c1ccccc1C2=O. The van der Waals surface area contributed by atoms with E-state index in [1.165, 1.54) is 12.1 Å². The number of carbonyl (C=O) groups excluding carboxylic acids is 4. The highest BCUT2D eigenvalue weighted by atomic mass is 16.5. The van der Waals surface area contributed by atoms with E-state index >= 15 is 0 Å². The van der Waals surface area contributed by atoms with Gasteiger partial charge in [0.15, 0.2) is 17.3 Å². The van der Waals surface area contributed by atoms with Crippen molar-refractivity contribution in [1.82, 2.24) is 4.90 Å². The first-order valence-corrected chi connectivity index (χ1v) is 10.1. The lowest BCUT2D eigenvalue weighted by molar-refractivity contribution is -0.107. The molecule has 0 saturated carbocycles. The van der Waals surface area contributed by atoms with E-state index in [-0.39, 0.29) is 34.9 Å². The number of ether oxygens (including phenoxy) is 2. The third-order valence-electron chi connectivity index (χ3n) is 4.89. The van der Waals surface area contributed by atoms with Gasteiger partial charge < -0.3 is 18.7 Å². The van der Waals surface area contributed by atoms with Crippen molar-refractivity contribution in [3.63, 3.8) is 0 Å². The highest BCUT2D eigenvalue weighted by Gasteiger charge is 2.34. The minimum Gasteiger partial charge on any atom is -0.449 e. The third kappa shape index (κ3) is 5.45. The number of aldehydes is 1. The van der Waals surface area contributed by atoms with Crippen molar-refractivity contribution in [2.45, 2.75) is 6.42 Å². The summed E-state index contributed by atoms with van der Waals surface area (Å²) in [5.41, 5.74) is 0.622. The molecule has 8 nitrogen and oxygen atoms in total. The third-order valence-corrected chi connectivity index (χ3v) is 4.89. The monoisotopic (exact) mass is 437 g/mol. The summed E-state index contributed by atoms with van der Waals surface area (Å²) in [5, 5.41) is 0. The number of Topliss-reactive ketones (excluding diaryl/α,β-unsaturated/α-hetero) is 1. The van der Waals surface area contributed by atoms with Gasteiger partial charge in [0.1, 0.15) is 12.9 Å². The Morgan fingerprint density at radius 2 is 1.78 bits per heavy atom. The number of furan rings is 1. The van der Waals surface area contributed by atoms with Crippen LogP contribution in [0.5, 0.6) is 0 Å². The Morgan fingerprint density at radius 3 is 2.44 bits per heavy atom. The molecule has 0 unspecified atom stereocenters. The Morgan fingerprint density at radius 1 is 1.09 bits per heavy atom. The minimum atomic E-state index is -0.556. The molecule has 1 aliphatic carbocycles. The molecule has 0 spiro atoms. The van der Waals surface area contributed by atoms with Gasteiger partial charge in [-0.2, -0.15) is 0 Å². The van der Waals surface area contributed by atoms with Crippen LogP contribution in [-0.4, -0.2) is 75.1 Å². The fraction of sp³-hybridized carbons (Fsp3) is 0.333. The molecule has 4 rings (SSSR count). The van der Waals surface area contributed by atoms with Gasteiger partial charge in [0.25, 0.3) is 0 Å². The minimum absolute atomic E-state index is 0.0722. The van der Waals surface area contributed by atoms with Gasteiger partial charge in [-0.15, -0.1) is 0 Å². The van der Waals surface area contributed by atoms with Crippen LogP contribution < -0.4 is 0 Å². The molecule has 2 aromatic rings. The van der Waals surface area contributed by atoms with Crippen LogP contribution in [0.1, 0.15) is 49.0 Å². The van der Waals surface area contributed by atoms with Crippen LogP contribution in [0.15, 0.2) is 34.7 Å². The molecule has 0 N–H and O–H groups in total. The van der Waals surface area contributed by atoms with Crippen LogP contribution in [-0.2, 0) is 14.3 Å². The molecule has 0 atom stereocenters. The number of carbonyl (C=O) groups is 4. The molecule has 2 heterocycles. The predicted octanol–water partition coefficient (Wildman–Crippen LogP) is 1.80. The van der Waals surface area contributed by atoms with Gasteiger partial charge in [-0.25, -0.2) is 0 Å². The fourth-order valence-electron chi connectivity index (χ4n) is 3.24. The summed E-state index contributed by atoms with van der Waals surface area (Å²) < 4.78 is 15.2. The van der Waals surface area contributed by atoms with Gasteiger partial charge in [-0.05, 0) is 6.07 Å². The van der Waals surface area contributed by atoms with Crippen molar-refractivity contribution in [3.05, 3.63) is 58.5 Å². The summed E-state index contributed by atoms with van der Waals surface area (Å²) in [7, 11) is 1.66. The van der Waals surface area contributed by atoms with E-state index < -0.39 is 11.6 Å². The predicted molar refractivity (Wildman–Crippen MR) is 114 cm³/mol. The summed E-state index contributed by atoms with van der Waals surface area (Å²) in [5.74, 6) is 4.36. The summed E-state index contributed by atoms with van der Waals surface area (Å²) in [6, 6.07) is 7.63. The molecule has 32 heavy (non-hydrogen) atoms. The van der Waals surface area contributed by atoms with E-state index in [1.807, 2.05) is 0 Å². The average molecular weight is 437 g/mol. The first kappa shape index (κ1) is 23.3. The lowest BCUT2D eigenvalue weighted by Crippen LogP contribution is -2.36. The van der Waals surface area contributed by atoms with Crippen molar-refractivity contribution < 1.29 is 33.1 Å². The summed E-state index contributed by atoms with van der Waals surface area (Å²) in [4.78, 5) is 48.7. The van der Waals surface area contributed by atoms with Gasteiger partial charge in [-0.3, -0.25) is 19.3 Å². The molecular weight excluding hydrogens is 414 g/mol. The standard InChI is InChI=1S/C15H8O5.C9H15NO2/c16-6-5-11(17)12-7-10-13(18)8-3-1-2-4-9(8)14(19)15(10)20-12;1-11-7-3-2-4-10-5-8-12-9-6-10/h1-4,6-7H,5H2;4-9H2,1H3. The van der Waals surface area contributed by atoms with Crippen LogP contribution in [0.25, 0.3) is 0 Å². The van der Waals surface area contributed by atoms with E-state index in [2.05, 4.69) is 16.7 Å². The molecule has 0 radical (unpaired) electrons. The molecule has 1 saturated heterocycles. The first-order valence-electron chi connectivity index (χ1n) is 10.1. The molecule has 166 valence electrons. The molecule has 2 aliphatic rings. The quantitative estimate of drug-likeness (QED) is 0.258. The maximum absolute atomic E-state index is 12.3. The van der Waals surface area contributed by atoms with Crippen molar-refractivity contribution in [3.8, 4) is 11.8 Å². The molecule has 1 aromatic heterocycles. The Labute approximate surface area is 185 Å². The van der Waals surface area contributed by atoms with Gasteiger partial charge in [-0.1, -0.05) is 36.1 Å². The number of morpholine rings is 1. The van der Waals surface area contributed by atoms with Crippen LogP contribution in [0.4, 0.5) is 0 Å². The second-order valence-corrected chi connectivity index (χ2v) is 7.03. The zero-order chi connectivity index (χ0) is 22.9. The Balaban J connectivity index is 0.000000207. The van der Waals surface area contributed by atoms with Gasteiger partial charge in [0, 0.05) is 31.3 Å². The van der Waals surface area contributed by atoms with Gasteiger partial charge in [0.2, 0.25) is 11.6 Å². The number of hydrogen-bond donors (Lipinski definition) is 0. The number of rotatable bonds is 5. The molecule has 1 fully saturated rings. The number of fused-ring (bicyclic) bond motifs is 2. The number of ketones is 3. The van der Waals surface area contributed by atoms with E-state index in [4.69, 9.17) is 13.9 Å². The number of benzene rings is 1. The van der Waals surface area contributed by atoms with E-state index in [9.17, 15) is 19.2 Å². The number of methoxy groups -OCH3 is 1.